The molecule has 0 unspecified atom stereocenters. The molecule has 24 heavy (non-hydrogen) atoms. The van der Waals surface area contributed by atoms with E-state index >= 15 is 0 Å². The summed E-state index contributed by atoms with van der Waals surface area (Å²) in [7, 11) is 0. The van der Waals surface area contributed by atoms with E-state index < -0.39 is 0 Å². The summed E-state index contributed by atoms with van der Waals surface area (Å²) in [6.45, 7) is 4.73. The molecule has 1 aromatic heterocycles. The number of halogens is 2. The molecule has 128 valence electrons. The number of rotatable bonds is 6. The molecule has 1 amide bonds. The van der Waals surface area contributed by atoms with Crippen molar-refractivity contribution in [3.8, 4) is 0 Å². The molecule has 0 saturated heterocycles. The number of hydrogen-bond acceptors (Lipinski definition) is 3. The molecule has 0 bridgehead atoms. The Morgan fingerprint density at radius 2 is 2.04 bits per heavy atom. The summed E-state index contributed by atoms with van der Waals surface area (Å²) in [6.07, 6.45) is 0.741. The average molecular weight is 396 g/mol. The molecular weight excluding hydrogens is 377 g/mol. The lowest BCUT2D eigenvalue weighted by atomic mass is 10.2. The highest BCUT2D eigenvalue weighted by atomic mass is 79.9. The number of nitrogens with zero attached hydrogens (tertiary/aromatic N) is 3. The summed E-state index contributed by atoms with van der Waals surface area (Å²) < 4.78 is 16.0. The Kier molecular flexibility index (Phi) is 6.25. The van der Waals surface area contributed by atoms with Crippen molar-refractivity contribution < 1.29 is 9.18 Å². The molecule has 0 atom stereocenters. The zero-order valence-electron chi connectivity index (χ0n) is 13.6. The van der Waals surface area contributed by atoms with E-state index in [1.54, 1.807) is 12.1 Å². The van der Waals surface area contributed by atoms with Crippen molar-refractivity contribution in [3.05, 3.63) is 62.2 Å². The van der Waals surface area contributed by atoms with Crippen molar-refractivity contribution in [1.29, 1.82) is 0 Å². The molecule has 7 heteroatoms. The molecule has 0 aliphatic heterocycles. The Bertz CT molecular complexity index is 792. The molecule has 0 N–H and O–H groups in total. The van der Waals surface area contributed by atoms with E-state index in [2.05, 4.69) is 21.0 Å². The lowest BCUT2D eigenvalue weighted by Crippen LogP contribution is -2.33. The van der Waals surface area contributed by atoms with Crippen molar-refractivity contribution in [1.82, 2.24) is 14.7 Å². The molecule has 1 heterocycles. The Hall–Kier alpha value is -2.02. The fraction of sp³-hybridized carbons (Fsp3) is 0.353. The highest BCUT2D eigenvalue weighted by molar-refractivity contribution is 9.10. The summed E-state index contributed by atoms with van der Waals surface area (Å²) in [5.41, 5.74) is 0.358. The number of benzene rings is 1. The summed E-state index contributed by atoms with van der Waals surface area (Å²) in [5, 5.41) is 4.12. The topological polar surface area (TPSA) is 55.2 Å². The first kappa shape index (κ1) is 18.3. The van der Waals surface area contributed by atoms with Gasteiger partial charge < -0.3 is 4.90 Å². The second-order valence-corrected chi connectivity index (χ2v) is 6.25. The highest BCUT2D eigenvalue weighted by Gasteiger charge is 2.18. The van der Waals surface area contributed by atoms with E-state index in [-0.39, 0.29) is 29.5 Å². The smallest absolute Gasteiger partial charge is 0.274 e. The zero-order chi connectivity index (χ0) is 17.7. The standard InChI is InChI=1S/C17H19BrFN3O2/c1-3-9-22-16(23)8-7-15(20-22)17(24)21(4-2)11-12-10-13(18)5-6-14(12)19/h5-8,10H,3-4,9,11H2,1-2H3. The van der Waals surface area contributed by atoms with E-state index in [9.17, 15) is 14.0 Å². The molecule has 0 aliphatic rings. The van der Waals surface area contributed by atoms with Gasteiger partial charge in [0.15, 0.2) is 0 Å². The molecule has 0 saturated carbocycles. The molecule has 0 fully saturated rings. The lowest BCUT2D eigenvalue weighted by molar-refractivity contribution is 0.0742. The van der Waals surface area contributed by atoms with Crippen molar-refractivity contribution in [2.45, 2.75) is 33.4 Å². The third-order valence-corrected chi connectivity index (χ3v) is 4.05. The molecule has 2 rings (SSSR count). The van der Waals surface area contributed by atoms with Gasteiger partial charge in [0.1, 0.15) is 11.5 Å². The summed E-state index contributed by atoms with van der Waals surface area (Å²) in [5.74, 6) is -0.699. The van der Waals surface area contributed by atoms with Crippen LogP contribution in [0.1, 0.15) is 36.3 Å². The van der Waals surface area contributed by atoms with Crippen LogP contribution in [0.15, 0.2) is 39.6 Å². The first-order valence-corrected chi connectivity index (χ1v) is 8.57. The lowest BCUT2D eigenvalue weighted by Gasteiger charge is -2.21. The predicted molar refractivity (Wildman–Crippen MR) is 93.3 cm³/mol. The van der Waals surface area contributed by atoms with Crippen LogP contribution in [0.4, 0.5) is 4.39 Å². The molecule has 5 nitrogen and oxygen atoms in total. The molecule has 0 spiro atoms. The third kappa shape index (κ3) is 4.29. The van der Waals surface area contributed by atoms with Crippen molar-refractivity contribution >= 4 is 21.8 Å². The molecule has 1 aromatic carbocycles. The fourth-order valence-electron chi connectivity index (χ4n) is 2.29. The van der Waals surface area contributed by atoms with E-state index in [1.807, 2.05) is 13.8 Å². The average Bonchev–Trinajstić information content (AvgIpc) is 2.57. The second kappa shape index (κ2) is 8.19. The highest BCUT2D eigenvalue weighted by Crippen LogP contribution is 2.18. The Morgan fingerprint density at radius 1 is 1.29 bits per heavy atom. The maximum atomic E-state index is 13.9. The minimum absolute atomic E-state index is 0.134. The first-order chi connectivity index (χ1) is 11.5. The summed E-state index contributed by atoms with van der Waals surface area (Å²) in [4.78, 5) is 25.9. The van der Waals surface area contributed by atoms with Gasteiger partial charge in [-0.2, -0.15) is 5.10 Å². The SMILES string of the molecule is CCCn1nc(C(=O)N(CC)Cc2cc(Br)ccc2F)ccc1=O. The van der Waals surface area contributed by atoms with E-state index in [4.69, 9.17) is 0 Å². The van der Waals surface area contributed by atoms with Gasteiger partial charge in [-0.05, 0) is 37.6 Å². The van der Waals surface area contributed by atoms with E-state index in [0.29, 0.717) is 18.7 Å². The van der Waals surface area contributed by atoms with Crippen LogP contribution in [0, 0.1) is 5.82 Å². The van der Waals surface area contributed by atoms with Gasteiger partial charge in [-0.3, -0.25) is 9.59 Å². The monoisotopic (exact) mass is 395 g/mol. The number of carbonyl (C=O) groups excluding carboxylic acids is 1. The largest absolute Gasteiger partial charge is 0.333 e. The first-order valence-electron chi connectivity index (χ1n) is 7.77. The van der Waals surface area contributed by atoms with Crippen LogP contribution in [-0.4, -0.2) is 27.1 Å². The number of amides is 1. The van der Waals surface area contributed by atoms with Crippen LogP contribution < -0.4 is 5.56 Å². The van der Waals surface area contributed by atoms with Crippen LogP contribution in [0.25, 0.3) is 0 Å². The van der Waals surface area contributed by atoms with E-state index in [1.165, 1.54) is 27.8 Å². The third-order valence-electron chi connectivity index (χ3n) is 3.56. The van der Waals surface area contributed by atoms with Gasteiger partial charge in [0.2, 0.25) is 0 Å². The maximum absolute atomic E-state index is 13.9. The molecule has 0 radical (unpaired) electrons. The van der Waals surface area contributed by atoms with Crippen LogP contribution in [0.3, 0.4) is 0 Å². The number of carbonyl (C=O) groups is 1. The van der Waals surface area contributed by atoms with Gasteiger partial charge in [0, 0.05) is 35.7 Å². The normalized spacial score (nSPS) is 10.7. The van der Waals surface area contributed by atoms with Gasteiger partial charge in [0.25, 0.3) is 11.5 Å². The zero-order valence-corrected chi connectivity index (χ0v) is 15.2. The summed E-state index contributed by atoms with van der Waals surface area (Å²) in [6, 6.07) is 7.37. The van der Waals surface area contributed by atoms with E-state index in [0.717, 1.165) is 10.9 Å². The second-order valence-electron chi connectivity index (χ2n) is 5.34. The fourth-order valence-corrected chi connectivity index (χ4v) is 2.70. The van der Waals surface area contributed by atoms with Crippen molar-refractivity contribution in [2.24, 2.45) is 0 Å². The summed E-state index contributed by atoms with van der Waals surface area (Å²) >= 11 is 3.30. The van der Waals surface area contributed by atoms with Crippen LogP contribution in [-0.2, 0) is 13.1 Å². The Balaban J connectivity index is 2.27. The minimum atomic E-state index is -0.367. The van der Waals surface area contributed by atoms with Crippen LogP contribution >= 0.6 is 15.9 Å². The van der Waals surface area contributed by atoms with Gasteiger partial charge in [-0.1, -0.05) is 22.9 Å². The predicted octanol–water partition coefficient (Wildman–Crippen LogP) is 3.22. The number of aromatic nitrogens is 2. The van der Waals surface area contributed by atoms with Gasteiger partial charge in [-0.25, -0.2) is 9.07 Å². The van der Waals surface area contributed by atoms with Crippen LogP contribution in [0.5, 0.6) is 0 Å². The van der Waals surface area contributed by atoms with Gasteiger partial charge >= 0.3 is 0 Å². The number of hydrogen-bond donors (Lipinski definition) is 0. The van der Waals surface area contributed by atoms with Crippen molar-refractivity contribution in [3.63, 3.8) is 0 Å². The minimum Gasteiger partial charge on any atom is -0.333 e. The van der Waals surface area contributed by atoms with Gasteiger partial charge in [0.05, 0.1) is 0 Å². The maximum Gasteiger partial charge on any atom is 0.274 e. The van der Waals surface area contributed by atoms with Gasteiger partial charge in [-0.15, -0.1) is 0 Å². The van der Waals surface area contributed by atoms with Crippen molar-refractivity contribution in [2.75, 3.05) is 6.54 Å². The molecular formula is C17H19BrFN3O2. The molecule has 2 aromatic rings. The van der Waals surface area contributed by atoms with Crippen LogP contribution in [0.2, 0.25) is 0 Å². The number of aryl methyl sites for hydroxylation is 1. The Morgan fingerprint density at radius 3 is 2.71 bits per heavy atom. The molecule has 0 aliphatic carbocycles. The Labute approximate surface area is 148 Å². The quantitative estimate of drug-likeness (QED) is 0.754.